The van der Waals surface area contributed by atoms with Gasteiger partial charge in [-0.2, -0.15) is 0 Å². The number of aryl methyl sites for hydroxylation is 2. The summed E-state index contributed by atoms with van der Waals surface area (Å²) < 4.78 is 7.28. The van der Waals surface area contributed by atoms with Gasteiger partial charge in [0.15, 0.2) is 0 Å². The Balaban J connectivity index is 1.83. The third kappa shape index (κ3) is 1.99. The minimum Gasteiger partial charge on any atom is -0.414 e. The average Bonchev–Trinajstić information content (AvgIpc) is 2.93. The van der Waals surface area contributed by atoms with Gasteiger partial charge < -0.3 is 8.98 Å². The summed E-state index contributed by atoms with van der Waals surface area (Å²) in [5.41, 5.74) is 2.11. The molecule has 0 saturated heterocycles. The summed E-state index contributed by atoms with van der Waals surface area (Å²) in [7, 11) is 0. The Hall–Kier alpha value is -1.95. The molecule has 1 N–H and O–H groups in total. The molecule has 0 amide bonds. The van der Waals surface area contributed by atoms with Gasteiger partial charge in [-0.15, -0.1) is 5.10 Å². The molecule has 0 fully saturated rings. The lowest BCUT2D eigenvalue weighted by atomic mass is 10.3. The second-order valence-corrected chi connectivity index (χ2v) is 4.05. The van der Waals surface area contributed by atoms with Gasteiger partial charge in [-0.1, -0.05) is 12.1 Å². The van der Waals surface area contributed by atoms with Gasteiger partial charge in [0, 0.05) is 13.0 Å². The zero-order valence-electron chi connectivity index (χ0n) is 8.96. The van der Waals surface area contributed by atoms with E-state index in [0.717, 1.165) is 17.6 Å². The average molecular weight is 246 g/mol. The van der Waals surface area contributed by atoms with E-state index < -0.39 is 0 Å². The molecule has 2 heterocycles. The number of imidazole rings is 1. The number of benzene rings is 1. The van der Waals surface area contributed by atoms with E-state index in [9.17, 15) is 0 Å². The van der Waals surface area contributed by atoms with Crippen molar-refractivity contribution in [2.24, 2.45) is 0 Å². The number of aromatic nitrogens is 4. The third-order valence-electron chi connectivity index (χ3n) is 2.58. The number of nitrogens with zero attached hydrogens (tertiary/aromatic N) is 3. The number of rotatable bonds is 3. The van der Waals surface area contributed by atoms with Crippen LogP contribution in [0.2, 0.25) is 0 Å². The third-order valence-corrected chi connectivity index (χ3v) is 2.75. The molecule has 3 aromatic rings. The van der Waals surface area contributed by atoms with Crippen LogP contribution in [0.25, 0.3) is 11.0 Å². The summed E-state index contributed by atoms with van der Waals surface area (Å²) in [6.07, 6.45) is 2.51. The van der Waals surface area contributed by atoms with Crippen LogP contribution in [-0.2, 0) is 13.0 Å². The molecule has 0 unspecified atom stereocenters. The van der Waals surface area contributed by atoms with Crippen molar-refractivity contribution in [2.45, 2.75) is 13.0 Å². The van der Waals surface area contributed by atoms with Crippen LogP contribution < -0.4 is 0 Å². The first-order valence-corrected chi connectivity index (χ1v) is 5.68. The summed E-state index contributed by atoms with van der Waals surface area (Å²) >= 11 is 4.82. The molecule has 0 aliphatic carbocycles. The second-order valence-electron chi connectivity index (χ2n) is 3.68. The van der Waals surface area contributed by atoms with Crippen molar-refractivity contribution in [2.75, 3.05) is 0 Å². The van der Waals surface area contributed by atoms with E-state index in [2.05, 4.69) is 19.7 Å². The standard InChI is InChI=1S/C11H10N4OS/c17-11-14-13-10(16-11)5-6-15-7-12-8-3-1-2-4-9(8)15/h1-4,7H,5-6H2,(H,14,17). The number of para-hydroxylation sites is 2. The van der Waals surface area contributed by atoms with Gasteiger partial charge in [-0.25, -0.2) is 10.1 Å². The van der Waals surface area contributed by atoms with E-state index in [1.54, 1.807) is 0 Å². The van der Waals surface area contributed by atoms with Crippen molar-refractivity contribution in [1.82, 2.24) is 19.7 Å². The van der Waals surface area contributed by atoms with Crippen molar-refractivity contribution < 1.29 is 4.42 Å². The summed E-state index contributed by atoms with van der Waals surface area (Å²) in [5.74, 6) is 0.618. The van der Waals surface area contributed by atoms with E-state index >= 15 is 0 Å². The van der Waals surface area contributed by atoms with Crippen molar-refractivity contribution in [3.63, 3.8) is 0 Å². The quantitative estimate of drug-likeness (QED) is 0.720. The molecule has 2 aromatic heterocycles. The van der Waals surface area contributed by atoms with Crippen LogP contribution in [0.4, 0.5) is 0 Å². The van der Waals surface area contributed by atoms with Crippen molar-refractivity contribution in [3.8, 4) is 0 Å². The highest BCUT2D eigenvalue weighted by molar-refractivity contribution is 7.71. The maximum absolute atomic E-state index is 5.21. The summed E-state index contributed by atoms with van der Waals surface area (Å²) in [5, 5.41) is 6.57. The minimum absolute atomic E-state index is 0.315. The van der Waals surface area contributed by atoms with Gasteiger partial charge >= 0.3 is 0 Å². The SMILES string of the molecule is S=c1[nH]nc(CCn2cnc3ccccc32)o1. The Morgan fingerprint density at radius 2 is 2.24 bits per heavy atom. The van der Waals surface area contributed by atoms with Crippen LogP contribution in [0.3, 0.4) is 0 Å². The van der Waals surface area contributed by atoms with E-state index in [1.165, 1.54) is 0 Å². The summed E-state index contributed by atoms with van der Waals surface area (Å²) in [4.78, 5) is 4.63. The number of fused-ring (bicyclic) bond motifs is 1. The Kier molecular flexibility index (Phi) is 2.49. The fraction of sp³-hybridized carbons (Fsp3) is 0.182. The molecular formula is C11H10N4OS. The van der Waals surface area contributed by atoms with Gasteiger partial charge in [0.1, 0.15) is 0 Å². The molecule has 3 rings (SSSR count). The first-order valence-electron chi connectivity index (χ1n) is 5.27. The molecule has 86 valence electrons. The monoisotopic (exact) mass is 246 g/mol. The van der Waals surface area contributed by atoms with E-state index in [0.29, 0.717) is 17.1 Å². The van der Waals surface area contributed by atoms with Crippen molar-refractivity contribution in [1.29, 1.82) is 0 Å². The van der Waals surface area contributed by atoms with Crippen LogP contribution in [0.5, 0.6) is 0 Å². The van der Waals surface area contributed by atoms with Gasteiger partial charge in [-0.05, 0) is 24.4 Å². The predicted octanol–water partition coefficient (Wildman–Crippen LogP) is 2.32. The lowest BCUT2D eigenvalue weighted by Gasteiger charge is -2.00. The van der Waals surface area contributed by atoms with Gasteiger partial charge in [0.05, 0.1) is 17.4 Å². The molecule has 17 heavy (non-hydrogen) atoms. The maximum Gasteiger partial charge on any atom is 0.284 e. The first kappa shape index (κ1) is 10.2. The van der Waals surface area contributed by atoms with E-state index in [4.69, 9.17) is 16.6 Å². The highest BCUT2D eigenvalue weighted by Gasteiger charge is 2.04. The fourth-order valence-electron chi connectivity index (χ4n) is 1.77. The van der Waals surface area contributed by atoms with Crippen LogP contribution in [0, 0.1) is 4.84 Å². The van der Waals surface area contributed by atoms with Gasteiger partial charge in [-0.3, -0.25) is 0 Å². The number of hydrogen-bond acceptors (Lipinski definition) is 4. The maximum atomic E-state index is 5.21. The van der Waals surface area contributed by atoms with Crippen LogP contribution in [-0.4, -0.2) is 19.7 Å². The predicted molar refractivity (Wildman–Crippen MR) is 65.1 cm³/mol. The number of aromatic amines is 1. The topological polar surface area (TPSA) is 59.6 Å². The largest absolute Gasteiger partial charge is 0.414 e. The lowest BCUT2D eigenvalue weighted by Crippen LogP contribution is -1.99. The molecule has 0 radical (unpaired) electrons. The molecule has 0 spiro atoms. The van der Waals surface area contributed by atoms with Crippen LogP contribution in [0.1, 0.15) is 5.89 Å². The highest BCUT2D eigenvalue weighted by Crippen LogP contribution is 2.12. The van der Waals surface area contributed by atoms with E-state index in [-0.39, 0.29) is 0 Å². The Labute approximate surface area is 102 Å². The molecule has 6 heteroatoms. The summed E-state index contributed by atoms with van der Waals surface area (Å²) in [6, 6.07) is 8.02. The molecule has 0 aliphatic heterocycles. The molecular weight excluding hydrogens is 236 g/mol. The molecule has 1 aromatic carbocycles. The van der Waals surface area contributed by atoms with Crippen molar-refractivity contribution in [3.05, 3.63) is 41.3 Å². The van der Waals surface area contributed by atoms with Gasteiger partial charge in [0.2, 0.25) is 5.89 Å². The lowest BCUT2D eigenvalue weighted by molar-refractivity contribution is 0.466. The minimum atomic E-state index is 0.315. The number of nitrogens with one attached hydrogen (secondary N) is 1. The Morgan fingerprint density at radius 3 is 3.06 bits per heavy atom. The zero-order chi connectivity index (χ0) is 11.7. The normalized spacial score (nSPS) is 11.1. The Morgan fingerprint density at radius 1 is 1.35 bits per heavy atom. The first-order chi connectivity index (χ1) is 8.33. The van der Waals surface area contributed by atoms with Crippen molar-refractivity contribution >= 4 is 23.3 Å². The van der Waals surface area contributed by atoms with E-state index in [1.807, 2.05) is 30.6 Å². The molecule has 5 nitrogen and oxygen atoms in total. The molecule has 0 bridgehead atoms. The fourth-order valence-corrected chi connectivity index (χ4v) is 1.91. The molecule has 0 saturated carbocycles. The molecule has 0 aliphatic rings. The van der Waals surface area contributed by atoms with Crippen LogP contribution in [0.15, 0.2) is 35.0 Å². The van der Waals surface area contributed by atoms with Gasteiger partial charge in [0.25, 0.3) is 4.84 Å². The summed E-state index contributed by atoms with van der Waals surface area (Å²) in [6.45, 7) is 0.768. The molecule has 0 atom stereocenters. The Bertz CT molecular complexity index is 696. The smallest absolute Gasteiger partial charge is 0.284 e. The number of H-pyrrole nitrogens is 1. The second kappa shape index (κ2) is 4.14. The number of hydrogen-bond donors (Lipinski definition) is 1. The zero-order valence-corrected chi connectivity index (χ0v) is 9.78. The van der Waals surface area contributed by atoms with Crippen LogP contribution >= 0.6 is 12.2 Å². The highest BCUT2D eigenvalue weighted by atomic mass is 32.1.